The van der Waals surface area contributed by atoms with E-state index in [1.165, 1.54) is 0 Å². The van der Waals surface area contributed by atoms with Crippen molar-refractivity contribution in [2.75, 3.05) is 19.8 Å². The summed E-state index contributed by atoms with van der Waals surface area (Å²) in [5.41, 5.74) is 0. The van der Waals surface area contributed by atoms with Gasteiger partial charge in [0.15, 0.2) is 0 Å². The number of ether oxygens (including phenoxy) is 1. The van der Waals surface area contributed by atoms with Crippen LogP contribution in [0, 0.1) is 5.92 Å². The number of aliphatic hydroxyl groups is 1. The van der Waals surface area contributed by atoms with Crippen molar-refractivity contribution in [2.24, 2.45) is 5.92 Å². The van der Waals surface area contributed by atoms with Crippen LogP contribution < -0.4 is 0 Å². The van der Waals surface area contributed by atoms with Crippen LogP contribution in [0.25, 0.3) is 0 Å². The van der Waals surface area contributed by atoms with E-state index < -0.39 is 0 Å². The van der Waals surface area contributed by atoms with Crippen molar-refractivity contribution in [1.29, 1.82) is 0 Å². The Morgan fingerprint density at radius 3 is 2.75 bits per heavy atom. The normalized spacial score (nSPS) is 31.8. The van der Waals surface area contributed by atoms with Crippen LogP contribution in [0.5, 0.6) is 0 Å². The molecule has 0 aromatic heterocycles. The molecule has 12 heavy (non-hydrogen) atoms. The first-order valence-corrected chi connectivity index (χ1v) is 4.65. The Balaban J connectivity index is 2.51. The molecular weight excluding hydrogens is 154 g/mol. The summed E-state index contributed by atoms with van der Waals surface area (Å²) in [5, 5.41) is 8.85. The van der Waals surface area contributed by atoms with Gasteiger partial charge in [0.2, 0.25) is 0 Å². The maximum absolute atomic E-state index is 8.85. The zero-order chi connectivity index (χ0) is 9.14. The number of β-amino-alcohol motifs (C(OH)–C–C–N with tert-alkyl or cyclic N) is 1. The van der Waals surface area contributed by atoms with Gasteiger partial charge in [-0.05, 0) is 12.8 Å². The van der Waals surface area contributed by atoms with Crippen molar-refractivity contribution >= 4 is 0 Å². The first-order valence-electron chi connectivity index (χ1n) is 4.65. The van der Waals surface area contributed by atoms with E-state index in [0.29, 0.717) is 12.0 Å². The largest absolute Gasteiger partial charge is 0.395 e. The van der Waals surface area contributed by atoms with Gasteiger partial charge in [0.05, 0.1) is 13.2 Å². The minimum atomic E-state index is 0.201. The fourth-order valence-electron chi connectivity index (χ4n) is 1.72. The molecule has 3 heteroatoms. The van der Waals surface area contributed by atoms with Crippen LogP contribution in [0.1, 0.15) is 20.8 Å². The van der Waals surface area contributed by atoms with Crippen LogP contribution in [0.4, 0.5) is 0 Å². The van der Waals surface area contributed by atoms with Gasteiger partial charge in [0, 0.05) is 12.6 Å². The molecule has 0 spiro atoms. The lowest BCUT2D eigenvalue weighted by Crippen LogP contribution is -2.40. The summed E-state index contributed by atoms with van der Waals surface area (Å²) in [5.74, 6) is 0.501. The first-order chi connectivity index (χ1) is 5.66. The summed E-state index contributed by atoms with van der Waals surface area (Å²) in [6.45, 7) is 8.17. The van der Waals surface area contributed by atoms with Crippen molar-refractivity contribution in [2.45, 2.75) is 33.0 Å². The third-order valence-electron chi connectivity index (χ3n) is 2.33. The van der Waals surface area contributed by atoms with Gasteiger partial charge >= 0.3 is 0 Å². The van der Waals surface area contributed by atoms with E-state index in [1.807, 2.05) is 0 Å². The molecule has 2 unspecified atom stereocenters. The third-order valence-corrected chi connectivity index (χ3v) is 2.33. The molecule has 1 saturated heterocycles. The van der Waals surface area contributed by atoms with E-state index in [-0.39, 0.29) is 12.8 Å². The van der Waals surface area contributed by atoms with Gasteiger partial charge in [-0.1, -0.05) is 13.8 Å². The molecule has 1 aliphatic heterocycles. The Hall–Kier alpha value is -0.120. The molecule has 0 aliphatic carbocycles. The zero-order valence-corrected chi connectivity index (χ0v) is 8.16. The second-order valence-corrected chi connectivity index (χ2v) is 3.78. The van der Waals surface area contributed by atoms with Crippen molar-refractivity contribution in [3.8, 4) is 0 Å². The number of aliphatic hydroxyl groups excluding tert-OH is 1. The Morgan fingerprint density at radius 2 is 2.25 bits per heavy atom. The van der Waals surface area contributed by atoms with Gasteiger partial charge in [-0.3, -0.25) is 4.90 Å². The van der Waals surface area contributed by atoms with Crippen molar-refractivity contribution in [3.63, 3.8) is 0 Å². The molecule has 72 valence electrons. The fraction of sp³-hybridized carbons (Fsp3) is 1.00. The van der Waals surface area contributed by atoms with Gasteiger partial charge < -0.3 is 9.84 Å². The van der Waals surface area contributed by atoms with Crippen molar-refractivity contribution in [3.05, 3.63) is 0 Å². The predicted octanol–water partition coefficient (Wildman–Crippen LogP) is 0.681. The van der Waals surface area contributed by atoms with E-state index >= 15 is 0 Å². The average Bonchev–Trinajstić information content (AvgIpc) is 2.34. The molecule has 1 rings (SSSR count). The molecule has 0 saturated carbocycles. The molecule has 0 aromatic carbocycles. The molecule has 0 amide bonds. The standard InChI is InChI=1S/C9H19NO2/c1-7(2)9-10(4-5-11)8(3)6-12-9/h7-9,11H,4-6H2,1-3H3. The Kier molecular flexibility index (Phi) is 3.50. The summed E-state index contributed by atoms with van der Waals surface area (Å²) in [6.07, 6.45) is 0.201. The molecule has 1 aliphatic rings. The SMILES string of the molecule is CC(C)C1OCC(C)N1CCO. The lowest BCUT2D eigenvalue weighted by Gasteiger charge is -2.27. The number of hydrogen-bond donors (Lipinski definition) is 1. The Morgan fingerprint density at radius 1 is 1.58 bits per heavy atom. The summed E-state index contributed by atoms with van der Waals surface area (Å²) in [4.78, 5) is 2.23. The van der Waals surface area contributed by atoms with E-state index in [0.717, 1.165) is 13.2 Å². The quantitative estimate of drug-likeness (QED) is 0.681. The molecule has 2 atom stereocenters. The van der Waals surface area contributed by atoms with Gasteiger partial charge in [-0.25, -0.2) is 0 Å². The lowest BCUT2D eigenvalue weighted by atomic mass is 10.1. The lowest BCUT2D eigenvalue weighted by molar-refractivity contribution is -0.0104. The molecule has 1 N–H and O–H groups in total. The highest BCUT2D eigenvalue weighted by molar-refractivity contribution is 4.78. The maximum atomic E-state index is 8.85. The first kappa shape index (κ1) is 9.96. The molecule has 0 aromatic rings. The smallest absolute Gasteiger partial charge is 0.113 e. The van der Waals surface area contributed by atoms with Crippen LogP contribution in [0.3, 0.4) is 0 Å². The van der Waals surface area contributed by atoms with Crippen LogP contribution in [-0.2, 0) is 4.74 Å². The average molecular weight is 173 g/mol. The summed E-state index contributed by atoms with van der Waals surface area (Å²) in [7, 11) is 0. The monoisotopic (exact) mass is 173 g/mol. The number of nitrogens with zero attached hydrogens (tertiary/aromatic N) is 1. The number of rotatable bonds is 3. The van der Waals surface area contributed by atoms with Crippen molar-refractivity contribution in [1.82, 2.24) is 4.90 Å². The maximum Gasteiger partial charge on any atom is 0.113 e. The van der Waals surface area contributed by atoms with Gasteiger partial charge in [0.25, 0.3) is 0 Å². The van der Waals surface area contributed by atoms with Gasteiger partial charge in [0.1, 0.15) is 6.23 Å². The van der Waals surface area contributed by atoms with Crippen LogP contribution in [0.2, 0.25) is 0 Å². The highest BCUT2D eigenvalue weighted by Gasteiger charge is 2.32. The second-order valence-electron chi connectivity index (χ2n) is 3.78. The molecular formula is C9H19NO2. The molecule has 0 radical (unpaired) electrons. The summed E-state index contributed by atoms with van der Waals surface area (Å²) in [6, 6.07) is 0.449. The fourth-order valence-corrected chi connectivity index (χ4v) is 1.72. The second kappa shape index (κ2) is 4.21. The minimum absolute atomic E-state index is 0.201. The molecule has 1 heterocycles. The minimum Gasteiger partial charge on any atom is -0.395 e. The topological polar surface area (TPSA) is 32.7 Å². The zero-order valence-electron chi connectivity index (χ0n) is 8.16. The predicted molar refractivity (Wildman–Crippen MR) is 47.8 cm³/mol. The molecule has 1 fully saturated rings. The highest BCUT2D eigenvalue weighted by atomic mass is 16.5. The van der Waals surface area contributed by atoms with Gasteiger partial charge in [-0.2, -0.15) is 0 Å². The van der Waals surface area contributed by atoms with Crippen LogP contribution >= 0.6 is 0 Å². The van der Waals surface area contributed by atoms with Gasteiger partial charge in [-0.15, -0.1) is 0 Å². The van der Waals surface area contributed by atoms with Crippen LogP contribution in [-0.4, -0.2) is 42.0 Å². The number of hydrogen-bond acceptors (Lipinski definition) is 3. The third kappa shape index (κ3) is 1.97. The van der Waals surface area contributed by atoms with Crippen LogP contribution in [0.15, 0.2) is 0 Å². The Bertz CT molecular complexity index is 138. The molecule has 0 bridgehead atoms. The highest BCUT2D eigenvalue weighted by Crippen LogP contribution is 2.21. The van der Waals surface area contributed by atoms with E-state index in [9.17, 15) is 0 Å². The van der Waals surface area contributed by atoms with E-state index in [4.69, 9.17) is 9.84 Å². The summed E-state index contributed by atoms with van der Waals surface area (Å²) >= 11 is 0. The van der Waals surface area contributed by atoms with Crippen molar-refractivity contribution < 1.29 is 9.84 Å². The van der Waals surface area contributed by atoms with E-state index in [2.05, 4.69) is 25.7 Å². The van der Waals surface area contributed by atoms with E-state index in [1.54, 1.807) is 0 Å². The summed E-state index contributed by atoms with van der Waals surface area (Å²) < 4.78 is 5.61. The Labute approximate surface area is 74.3 Å². The molecule has 3 nitrogen and oxygen atoms in total.